The van der Waals surface area contributed by atoms with E-state index in [1.807, 2.05) is 0 Å². The van der Waals surface area contributed by atoms with Gasteiger partial charge in [-0.05, 0) is 68.1 Å². The van der Waals surface area contributed by atoms with Gasteiger partial charge >= 0.3 is 5.97 Å². The fourth-order valence-electron chi connectivity index (χ4n) is 7.57. The average Bonchev–Trinajstić information content (AvgIpc) is 2.52. The van der Waals surface area contributed by atoms with Gasteiger partial charge in [0.15, 0.2) is 0 Å². The monoisotopic (exact) mass is 330 g/mol. The molecule has 0 radical (unpaired) electrons. The molecular weight excluding hydrogens is 300 g/mol. The van der Waals surface area contributed by atoms with Gasteiger partial charge in [0, 0.05) is 12.3 Å². The first-order valence-electron chi connectivity index (χ1n) is 9.56. The molecule has 0 aliphatic heterocycles. The Morgan fingerprint density at radius 2 is 1.92 bits per heavy atom. The summed E-state index contributed by atoms with van der Waals surface area (Å²) in [6, 6.07) is 0. The van der Waals surface area contributed by atoms with Gasteiger partial charge in [0.1, 0.15) is 5.78 Å². The SMILES string of the molecule is C=C1C[C@@]23CC[C@H]4[C@@](C)(CCC[C@@]4(C)C(=O)OC)[C@@H]2C[C@@H]1C(=O)C3. The lowest BCUT2D eigenvalue weighted by Gasteiger charge is -2.67. The second-order valence-corrected chi connectivity index (χ2v) is 9.54. The lowest BCUT2D eigenvalue weighted by atomic mass is 9.37. The number of rotatable bonds is 1. The van der Waals surface area contributed by atoms with Crippen molar-refractivity contribution < 1.29 is 14.3 Å². The van der Waals surface area contributed by atoms with Gasteiger partial charge in [-0.1, -0.05) is 25.5 Å². The molecule has 0 saturated heterocycles. The van der Waals surface area contributed by atoms with Crippen LogP contribution in [0.4, 0.5) is 0 Å². The molecule has 2 bridgehead atoms. The van der Waals surface area contributed by atoms with Crippen LogP contribution < -0.4 is 0 Å². The van der Waals surface area contributed by atoms with Crippen molar-refractivity contribution in [3.63, 3.8) is 0 Å². The zero-order valence-electron chi connectivity index (χ0n) is 15.3. The number of methoxy groups -OCH3 is 1. The van der Waals surface area contributed by atoms with Crippen LogP contribution in [0.25, 0.3) is 0 Å². The third-order valence-electron chi connectivity index (χ3n) is 8.55. The molecule has 24 heavy (non-hydrogen) atoms. The summed E-state index contributed by atoms with van der Waals surface area (Å²) >= 11 is 0. The molecular formula is C21H30O3. The minimum absolute atomic E-state index is 0.0316. The molecule has 1 spiro atoms. The molecule has 5 fully saturated rings. The predicted molar refractivity (Wildman–Crippen MR) is 92.2 cm³/mol. The highest BCUT2D eigenvalue weighted by atomic mass is 16.5. The van der Waals surface area contributed by atoms with E-state index < -0.39 is 0 Å². The van der Waals surface area contributed by atoms with E-state index in [1.165, 1.54) is 19.1 Å². The van der Waals surface area contributed by atoms with Crippen LogP contribution >= 0.6 is 0 Å². The molecule has 0 amide bonds. The van der Waals surface area contributed by atoms with Crippen LogP contribution in [-0.4, -0.2) is 18.9 Å². The summed E-state index contributed by atoms with van der Waals surface area (Å²) in [5, 5.41) is 0. The van der Waals surface area contributed by atoms with E-state index in [-0.39, 0.29) is 28.1 Å². The lowest BCUT2D eigenvalue weighted by Crippen LogP contribution is -2.62. The zero-order chi connectivity index (χ0) is 17.3. The van der Waals surface area contributed by atoms with E-state index in [1.54, 1.807) is 0 Å². The maximum Gasteiger partial charge on any atom is 0.311 e. The molecule has 0 N–H and O–H groups in total. The van der Waals surface area contributed by atoms with E-state index in [2.05, 4.69) is 20.4 Å². The number of hydrogen-bond donors (Lipinski definition) is 0. The van der Waals surface area contributed by atoms with Crippen molar-refractivity contribution in [1.29, 1.82) is 0 Å². The van der Waals surface area contributed by atoms with Crippen LogP contribution in [0.1, 0.15) is 65.2 Å². The Labute approximate surface area is 145 Å². The fraction of sp³-hybridized carbons (Fsp3) is 0.810. The quantitative estimate of drug-likeness (QED) is 0.531. The first kappa shape index (κ1) is 16.4. The summed E-state index contributed by atoms with van der Waals surface area (Å²) in [5.74, 6) is 1.41. The maximum absolute atomic E-state index is 12.6. The normalized spacial score (nSPS) is 50.2. The molecule has 5 aliphatic rings. The summed E-state index contributed by atoms with van der Waals surface area (Å²) in [7, 11) is 1.52. The molecule has 0 aromatic carbocycles. The van der Waals surface area contributed by atoms with Crippen molar-refractivity contribution in [2.24, 2.45) is 34.0 Å². The number of Topliss-reactive ketones (excluding diaryl/α,β-unsaturated/α-hetero) is 1. The Kier molecular flexibility index (Phi) is 3.38. The number of carbonyl (C=O) groups excluding carboxylic acids is 2. The zero-order valence-corrected chi connectivity index (χ0v) is 15.3. The van der Waals surface area contributed by atoms with E-state index >= 15 is 0 Å². The number of fused-ring (bicyclic) bond motifs is 3. The average molecular weight is 330 g/mol. The van der Waals surface area contributed by atoms with E-state index in [9.17, 15) is 9.59 Å². The van der Waals surface area contributed by atoms with Crippen molar-refractivity contribution in [2.45, 2.75) is 65.2 Å². The molecule has 5 rings (SSSR count). The van der Waals surface area contributed by atoms with E-state index in [4.69, 9.17) is 4.74 Å². The van der Waals surface area contributed by atoms with Crippen molar-refractivity contribution in [3.8, 4) is 0 Å². The number of esters is 1. The van der Waals surface area contributed by atoms with E-state index in [0.29, 0.717) is 17.6 Å². The van der Waals surface area contributed by atoms with Gasteiger partial charge in [0.25, 0.3) is 0 Å². The number of hydrogen-bond acceptors (Lipinski definition) is 3. The molecule has 5 saturated carbocycles. The van der Waals surface area contributed by atoms with Gasteiger partial charge in [-0.25, -0.2) is 0 Å². The largest absolute Gasteiger partial charge is 0.469 e. The number of ketones is 1. The summed E-state index contributed by atoms with van der Waals surface area (Å²) < 4.78 is 5.21. The summed E-state index contributed by atoms with van der Waals surface area (Å²) in [6.45, 7) is 8.78. The van der Waals surface area contributed by atoms with Crippen LogP contribution in [0, 0.1) is 34.0 Å². The molecule has 5 aliphatic carbocycles. The summed E-state index contributed by atoms with van der Waals surface area (Å²) in [6.07, 6.45) is 8.08. The molecule has 3 nitrogen and oxygen atoms in total. The Morgan fingerprint density at radius 3 is 2.58 bits per heavy atom. The van der Waals surface area contributed by atoms with Crippen LogP contribution in [0.2, 0.25) is 0 Å². The van der Waals surface area contributed by atoms with Gasteiger partial charge in [0.2, 0.25) is 0 Å². The Balaban J connectivity index is 1.75. The maximum atomic E-state index is 12.6. The molecule has 132 valence electrons. The van der Waals surface area contributed by atoms with Crippen molar-refractivity contribution in [1.82, 2.24) is 0 Å². The number of carbonyl (C=O) groups is 2. The Hall–Kier alpha value is -1.12. The standard InChI is InChI=1S/C21H30O3/c1-13-11-21-9-6-16-19(2,17(21)10-14(13)15(22)12-21)7-5-8-20(16,3)18(23)24-4/h14,16-17H,1,5-12H2,2-4H3/t14-,16-,17-,19+,20+,21+/m0/s1. The first-order chi connectivity index (χ1) is 11.3. The van der Waals surface area contributed by atoms with Crippen molar-refractivity contribution in [2.75, 3.05) is 7.11 Å². The van der Waals surface area contributed by atoms with Gasteiger partial charge in [-0.2, -0.15) is 0 Å². The third-order valence-corrected chi connectivity index (χ3v) is 8.55. The first-order valence-corrected chi connectivity index (χ1v) is 9.56. The van der Waals surface area contributed by atoms with Gasteiger partial charge in [-0.15, -0.1) is 0 Å². The smallest absolute Gasteiger partial charge is 0.311 e. The van der Waals surface area contributed by atoms with Crippen LogP contribution in [0.5, 0.6) is 0 Å². The van der Waals surface area contributed by atoms with Crippen LogP contribution in [0.15, 0.2) is 12.2 Å². The molecule has 6 atom stereocenters. The second-order valence-electron chi connectivity index (χ2n) is 9.54. The minimum atomic E-state index is -0.360. The Bertz CT molecular complexity index is 603. The van der Waals surface area contributed by atoms with Gasteiger partial charge in [-0.3, -0.25) is 9.59 Å². The molecule has 0 unspecified atom stereocenters. The Morgan fingerprint density at radius 1 is 1.17 bits per heavy atom. The molecule has 0 aromatic rings. The predicted octanol–water partition coefficient (Wildman–Crippen LogP) is 4.31. The van der Waals surface area contributed by atoms with Crippen molar-refractivity contribution >= 4 is 11.8 Å². The highest BCUT2D eigenvalue weighted by Crippen LogP contribution is 2.71. The molecule has 3 heteroatoms. The number of allylic oxidation sites excluding steroid dienone is 1. The highest BCUT2D eigenvalue weighted by molar-refractivity contribution is 5.87. The second kappa shape index (κ2) is 4.95. The highest BCUT2D eigenvalue weighted by Gasteiger charge is 2.66. The molecule has 0 heterocycles. The topological polar surface area (TPSA) is 43.4 Å². The fourth-order valence-corrected chi connectivity index (χ4v) is 7.57. The van der Waals surface area contributed by atoms with Gasteiger partial charge < -0.3 is 4.74 Å². The lowest BCUT2D eigenvalue weighted by molar-refractivity contribution is -0.193. The van der Waals surface area contributed by atoms with Gasteiger partial charge in [0.05, 0.1) is 12.5 Å². The minimum Gasteiger partial charge on any atom is -0.469 e. The van der Waals surface area contributed by atoms with Crippen molar-refractivity contribution in [3.05, 3.63) is 12.2 Å². The number of ether oxygens (including phenoxy) is 1. The summed E-state index contributed by atoms with van der Waals surface area (Å²) in [4.78, 5) is 25.1. The molecule has 0 aromatic heterocycles. The third kappa shape index (κ3) is 1.84. The van der Waals surface area contributed by atoms with Crippen LogP contribution in [-0.2, 0) is 14.3 Å². The summed E-state index contributed by atoms with van der Waals surface area (Å²) in [5.41, 5.74) is 1.10. The van der Waals surface area contributed by atoms with Crippen LogP contribution in [0.3, 0.4) is 0 Å². The van der Waals surface area contributed by atoms with E-state index in [0.717, 1.165) is 44.9 Å².